The van der Waals surface area contributed by atoms with Crippen LogP contribution in [0.25, 0.3) is 0 Å². The first-order valence-electron chi connectivity index (χ1n) is 9.29. The van der Waals surface area contributed by atoms with E-state index >= 15 is 0 Å². The Morgan fingerprint density at radius 1 is 1.32 bits per heavy atom. The molecule has 4 rings (SSSR count). The number of nitro benzene ring substituents is 1. The lowest BCUT2D eigenvalue weighted by molar-refractivity contribution is -0.385. The molecule has 1 fully saturated rings. The number of carbonyl (C=O) groups excluding carboxylic acids is 2. The van der Waals surface area contributed by atoms with E-state index in [9.17, 15) is 19.7 Å². The number of ether oxygens (including phenoxy) is 1. The van der Waals surface area contributed by atoms with Gasteiger partial charge in [-0.2, -0.15) is 0 Å². The second-order valence-corrected chi connectivity index (χ2v) is 6.98. The summed E-state index contributed by atoms with van der Waals surface area (Å²) in [7, 11) is 0. The van der Waals surface area contributed by atoms with Gasteiger partial charge in [0.1, 0.15) is 11.7 Å². The number of piperidine rings is 1. The molecule has 3 heterocycles. The number of hydrogen-bond acceptors (Lipinski definition) is 6. The maximum Gasteiger partial charge on any atom is 0.319 e. The van der Waals surface area contributed by atoms with Gasteiger partial charge in [0.2, 0.25) is 5.91 Å². The van der Waals surface area contributed by atoms with Gasteiger partial charge in [-0.05, 0) is 19.4 Å². The summed E-state index contributed by atoms with van der Waals surface area (Å²) in [5.41, 5.74) is 1.20. The lowest BCUT2D eigenvalue weighted by Gasteiger charge is -2.44. The molecule has 2 aliphatic heterocycles. The first-order valence-corrected chi connectivity index (χ1v) is 9.29. The van der Waals surface area contributed by atoms with Crippen LogP contribution in [-0.4, -0.2) is 34.9 Å². The first-order chi connectivity index (χ1) is 13.5. The van der Waals surface area contributed by atoms with Crippen molar-refractivity contribution in [1.82, 2.24) is 4.90 Å². The molecule has 0 saturated carbocycles. The van der Waals surface area contributed by atoms with Gasteiger partial charge in [-0.3, -0.25) is 19.7 Å². The molecule has 1 amide bonds. The van der Waals surface area contributed by atoms with Crippen molar-refractivity contribution in [3.63, 3.8) is 0 Å². The van der Waals surface area contributed by atoms with E-state index in [-0.39, 0.29) is 24.2 Å². The molecule has 0 bridgehead atoms. The summed E-state index contributed by atoms with van der Waals surface area (Å²) in [6.45, 7) is 2.26. The average molecular weight is 384 g/mol. The molecule has 0 unspecified atom stereocenters. The zero-order chi connectivity index (χ0) is 19.8. The van der Waals surface area contributed by atoms with Crippen LogP contribution >= 0.6 is 0 Å². The first kappa shape index (κ1) is 18.2. The van der Waals surface area contributed by atoms with E-state index in [0.29, 0.717) is 24.9 Å². The Morgan fingerprint density at radius 2 is 2.11 bits per heavy atom. The molecule has 8 nitrogen and oxygen atoms in total. The van der Waals surface area contributed by atoms with Crippen molar-refractivity contribution >= 4 is 17.6 Å². The molecule has 0 spiro atoms. The molecule has 28 heavy (non-hydrogen) atoms. The Labute approximate surface area is 161 Å². The van der Waals surface area contributed by atoms with Gasteiger partial charge < -0.3 is 14.1 Å². The van der Waals surface area contributed by atoms with Crippen LogP contribution in [-0.2, 0) is 20.7 Å². The standard InChI is InChI=1S/C20H20N2O6/c1-2-27-20(24)18-14(12-5-3-4-6-15(12)22(25)26)11-16-13-8-10-28-17(13)7-9-21(16)19(18)23/h3-6,8,10,14,16,18H,2,7,9,11H2,1H3/t14-,16-,18-/m0/s1. The SMILES string of the molecule is CCOC(=O)[C@@H]1C(=O)N2CCc3occc3[C@@H]2C[C@H]1c1ccccc1[N+](=O)[O-]. The van der Waals surface area contributed by atoms with E-state index in [0.717, 1.165) is 11.3 Å². The Bertz CT molecular complexity index is 936. The minimum Gasteiger partial charge on any atom is -0.469 e. The van der Waals surface area contributed by atoms with Crippen LogP contribution in [0.3, 0.4) is 0 Å². The zero-order valence-electron chi connectivity index (χ0n) is 15.4. The summed E-state index contributed by atoms with van der Waals surface area (Å²) >= 11 is 0. The Morgan fingerprint density at radius 3 is 2.86 bits per heavy atom. The highest BCUT2D eigenvalue weighted by molar-refractivity contribution is 6.00. The van der Waals surface area contributed by atoms with Crippen molar-refractivity contribution in [2.75, 3.05) is 13.2 Å². The number of hydrogen-bond donors (Lipinski definition) is 0. The van der Waals surface area contributed by atoms with Gasteiger partial charge in [-0.15, -0.1) is 0 Å². The van der Waals surface area contributed by atoms with E-state index < -0.39 is 22.7 Å². The van der Waals surface area contributed by atoms with Crippen molar-refractivity contribution in [1.29, 1.82) is 0 Å². The summed E-state index contributed by atoms with van der Waals surface area (Å²) in [4.78, 5) is 38.8. The number of nitro groups is 1. The maximum absolute atomic E-state index is 13.3. The Hall–Kier alpha value is -3.16. The molecule has 8 heteroatoms. The van der Waals surface area contributed by atoms with Crippen molar-refractivity contribution in [2.24, 2.45) is 5.92 Å². The van der Waals surface area contributed by atoms with Crippen molar-refractivity contribution in [2.45, 2.75) is 31.7 Å². The lowest BCUT2D eigenvalue weighted by atomic mass is 9.74. The molecule has 1 aromatic carbocycles. The number of rotatable bonds is 4. The molecule has 2 aromatic rings. The lowest BCUT2D eigenvalue weighted by Crippen LogP contribution is -2.51. The number of benzene rings is 1. The highest BCUT2D eigenvalue weighted by atomic mass is 16.6. The molecule has 2 aliphatic rings. The summed E-state index contributed by atoms with van der Waals surface area (Å²) in [5.74, 6) is -1.89. The summed E-state index contributed by atoms with van der Waals surface area (Å²) in [5, 5.41) is 11.6. The predicted molar refractivity (Wildman–Crippen MR) is 97.4 cm³/mol. The van der Waals surface area contributed by atoms with Crippen LogP contribution < -0.4 is 0 Å². The largest absolute Gasteiger partial charge is 0.469 e. The van der Waals surface area contributed by atoms with Crippen molar-refractivity contribution < 1.29 is 23.7 Å². The summed E-state index contributed by atoms with van der Waals surface area (Å²) < 4.78 is 10.7. The highest BCUT2D eigenvalue weighted by Crippen LogP contribution is 2.48. The quantitative estimate of drug-likeness (QED) is 0.347. The smallest absolute Gasteiger partial charge is 0.319 e. The van der Waals surface area contributed by atoms with Crippen LogP contribution in [0.1, 0.15) is 42.2 Å². The van der Waals surface area contributed by atoms with E-state index in [4.69, 9.17) is 9.15 Å². The Kier molecular flexibility index (Phi) is 4.62. The van der Waals surface area contributed by atoms with Gasteiger partial charge in [-0.25, -0.2) is 0 Å². The molecule has 1 aromatic heterocycles. The zero-order valence-corrected chi connectivity index (χ0v) is 15.4. The molecule has 0 aliphatic carbocycles. The van der Waals surface area contributed by atoms with Crippen molar-refractivity contribution in [3.8, 4) is 0 Å². The normalized spacial score (nSPS) is 23.7. The topological polar surface area (TPSA) is 103 Å². The second kappa shape index (κ2) is 7.10. The van der Waals surface area contributed by atoms with Crippen LogP contribution in [0.4, 0.5) is 5.69 Å². The van der Waals surface area contributed by atoms with Gasteiger partial charge in [0.15, 0.2) is 0 Å². The van der Waals surface area contributed by atoms with Crippen LogP contribution in [0.2, 0.25) is 0 Å². The molecule has 1 saturated heterocycles. The maximum atomic E-state index is 13.3. The van der Waals surface area contributed by atoms with Gasteiger partial charge >= 0.3 is 5.97 Å². The molecular weight excluding hydrogens is 364 g/mol. The van der Waals surface area contributed by atoms with Crippen LogP contribution in [0.5, 0.6) is 0 Å². The minimum absolute atomic E-state index is 0.0914. The fourth-order valence-corrected chi connectivity index (χ4v) is 4.41. The monoisotopic (exact) mass is 384 g/mol. The van der Waals surface area contributed by atoms with E-state index in [1.54, 1.807) is 36.3 Å². The molecule has 146 valence electrons. The van der Waals surface area contributed by atoms with Gasteiger partial charge in [0, 0.05) is 36.1 Å². The predicted octanol–water partition coefficient (Wildman–Crippen LogP) is 2.98. The third kappa shape index (κ3) is 2.85. The number of furan rings is 1. The molecular formula is C20H20N2O6. The molecule has 0 radical (unpaired) electrons. The van der Waals surface area contributed by atoms with Gasteiger partial charge in [-0.1, -0.05) is 18.2 Å². The second-order valence-electron chi connectivity index (χ2n) is 6.98. The van der Waals surface area contributed by atoms with Crippen LogP contribution in [0, 0.1) is 16.0 Å². The van der Waals surface area contributed by atoms with Crippen molar-refractivity contribution in [3.05, 3.63) is 63.6 Å². The molecule has 0 N–H and O–H groups in total. The van der Waals surface area contributed by atoms with Crippen LogP contribution in [0.15, 0.2) is 41.0 Å². The Balaban J connectivity index is 1.81. The number of amides is 1. The highest BCUT2D eigenvalue weighted by Gasteiger charge is 2.50. The van der Waals surface area contributed by atoms with Gasteiger partial charge in [0.25, 0.3) is 5.69 Å². The number of fused-ring (bicyclic) bond motifs is 3. The number of para-hydroxylation sites is 1. The third-order valence-electron chi connectivity index (χ3n) is 5.60. The third-order valence-corrected chi connectivity index (χ3v) is 5.60. The number of esters is 1. The fourth-order valence-electron chi connectivity index (χ4n) is 4.41. The van der Waals surface area contributed by atoms with E-state index in [2.05, 4.69) is 0 Å². The number of carbonyl (C=O) groups is 2. The number of nitrogens with zero attached hydrogens (tertiary/aromatic N) is 2. The average Bonchev–Trinajstić information content (AvgIpc) is 3.17. The fraction of sp³-hybridized carbons (Fsp3) is 0.400. The minimum atomic E-state index is -1.09. The summed E-state index contributed by atoms with van der Waals surface area (Å²) in [6, 6.07) is 7.85. The van der Waals surface area contributed by atoms with E-state index in [1.807, 2.05) is 6.07 Å². The summed E-state index contributed by atoms with van der Waals surface area (Å²) in [6.07, 6.45) is 2.57. The molecule has 3 atom stereocenters. The van der Waals surface area contributed by atoms with E-state index in [1.165, 1.54) is 6.07 Å². The van der Waals surface area contributed by atoms with Gasteiger partial charge in [0.05, 0.1) is 23.8 Å².